The first kappa shape index (κ1) is 75.0. The number of ether oxygens (including phenoxy) is 3. The molecule has 0 bridgehead atoms. The number of allylic oxidation sites excluding steroid dienone is 26. The number of rotatable bonds is 57. The summed E-state index contributed by atoms with van der Waals surface area (Å²) in [5, 5.41) is 0. The zero-order valence-electron chi connectivity index (χ0n) is 51.5. The molecule has 0 N–H and O–H groups in total. The van der Waals surface area contributed by atoms with Crippen molar-refractivity contribution >= 4 is 17.9 Å². The Morgan fingerprint density at radius 2 is 0.487 bits per heavy atom. The maximum absolute atomic E-state index is 12.9. The van der Waals surface area contributed by atoms with Gasteiger partial charge in [-0.15, -0.1) is 0 Å². The van der Waals surface area contributed by atoms with Crippen LogP contribution in [0, 0.1) is 0 Å². The standard InChI is InChI=1S/C74H118O6/c1-4-7-10-13-16-19-22-24-26-28-30-32-33-34-35-36-37-38-39-40-41-43-44-46-48-50-52-55-58-61-64-67-73(76)79-70-71(69-78-72(75)66-63-60-57-54-21-18-15-12-9-6-3)80-74(77)68-65-62-59-56-53-51-49-47-45-42-31-29-27-25-23-20-17-14-11-8-5-2/h7-8,10-11,16-17,19-20,24-27,30-32,34-35,37-38,40-42,44,46,50,52,71H,4-6,9,12-15,18,21-23,28-29,33,36,39,43,45,47-49,51,53-70H2,1-3H3/b10-7-,11-8-,19-16-,20-17-,26-24-,27-25-,32-30-,35-34-,38-37-,41-40-,42-31-,46-44-,52-50-. The highest BCUT2D eigenvalue weighted by Crippen LogP contribution is 2.15. The van der Waals surface area contributed by atoms with E-state index in [-0.39, 0.29) is 31.1 Å². The van der Waals surface area contributed by atoms with E-state index in [0.717, 1.165) is 154 Å². The average molecular weight is 1100 g/mol. The van der Waals surface area contributed by atoms with Crippen LogP contribution in [0.4, 0.5) is 0 Å². The van der Waals surface area contributed by atoms with Gasteiger partial charge < -0.3 is 14.2 Å². The lowest BCUT2D eigenvalue weighted by atomic mass is 10.1. The summed E-state index contributed by atoms with van der Waals surface area (Å²) in [6.07, 6.45) is 96.8. The van der Waals surface area contributed by atoms with E-state index < -0.39 is 6.10 Å². The molecule has 0 aromatic carbocycles. The molecule has 1 unspecified atom stereocenters. The molecule has 0 aliphatic rings. The summed E-state index contributed by atoms with van der Waals surface area (Å²) in [6, 6.07) is 0. The summed E-state index contributed by atoms with van der Waals surface area (Å²) in [6.45, 7) is 6.37. The molecule has 0 radical (unpaired) electrons. The SMILES string of the molecule is CC/C=C\C/C=C\C/C=C\C/C=C\C/C=C\C/C=C\C/C=C\C/C=C\C/C=C\CCCCCC(=O)OCC(COC(=O)CCCCCCCCCCCC)OC(=O)CCCCCCCCCC/C=C\C/C=C\C/C=C\C/C=C\CC. The van der Waals surface area contributed by atoms with Crippen LogP contribution >= 0.6 is 0 Å². The molecule has 0 fully saturated rings. The van der Waals surface area contributed by atoms with Crippen LogP contribution in [0.25, 0.3) is 0 Å². The Labute approximate surface area is 492 Å². The third kappa shape index (κ3) is 63.9. The van der Waals surface area contributed by atoms with Crippen molar-refractivity contribution in [1.82, 2.24) is 0 Å². The molecule has 0 aliphatic carbocycles. The van der Waals surface area contributed by atoms with Gasteiger partial charge >= 0.3 is 17.9 Å². The van der Waals surface area contributed by atoms with Gasteiger partial charge in [0.05, 0.1) is 0 Å². The van der Waals surface area contributed by atoms with E-state index in [1.165, 1.54) is 77.0 Å². The van der Waals surface area contributed by atoms with Gasteiger partial charge in [0.1, 0.15) is 13.2 Å². The third-order valence-corrected chi connectivity index (χ3v) is 13.3. The number of esters is 3. The zero-order chi connectivity index (χ0) is 57.8. The molecule has 0 aromatic rings. The van der Waals surface area contributed by atoms with Crippen molar-refractivity contribution in [2.45, 2.75) is 277 Å². The second-order valence-corrected chi connectivity index (χ2v) is 20.9. The van der Waals surface area contributed by atoms with Crippen molar-refractivity contribution < 1.29 is 28.6 Å². The van der Waals surface area contributed by atoms with E-state index in [1.807, 2.05) is 0 Å². The first-order valence-electron chi connectivity index (χ1n) is 32.5. The lowest BCUT2D eigenvalue weighted by molar-refractivity contribution is -0.167. The predicted molar refractivity (Wildman–Crippen MR) is 348 cm³/mol. The lowest BCUT2D eigenvalue weighted by Crippen LogP contribution is -2.30. The molecule has 0 amide bonds. The van der Waals surface area contributed by atoms with Crippen molar-refractivity contribution in [3.05, 3.63) is 158 Å². The fourth-order valence-corrected chi connectivity index (χ4v) is 8.48. The molecule has 0 aromatic heterocycles. The molecular weight excluding hydrogens is 985 g/mol. The largest absolute Gasteiger partial charge is 0.462 e. The van der Waals surface area contributed by atoms with E-state index in [4.69, 9.17) is 14.2 Å². The van der Waals surface area contributed by atoms with Gasteiger partial charge in [-0.2, -0.15) is 0 Å². The summed E-state index contributed by atoms with van der Waals surface area (Å²) in [5.74, 6) is -0.942. The van der Waals surface area contributed by atoms with Crippen LogP contribution < -0.4 is 0 Å². The van der Waals surface area contributed by atoms with Gasteiger partial charge in [0.25, 0.3) is 0 Å². The number of hydrogen-bond acceptors (Lipinski definition) is 6. The molecule has 450 valence electrons. The third-order valence-electron chi connectivity index (χ3n) is 13.3. The Balaban J connectivity index is 4.36. The first-order valence-corrected chi connectivity index (χ1v) is 32.5. The number of unbranched alkanes of at least 4 members (excludes halogenated alkanes) is 20. The van der Waals surface area contributed by atoms with Crippen LogP contribution in [0.2, 0.25) is 0 Å². The van der Waals surface area contributed by atoms with Gasteiger partial charge in [-0.25, -0.2) is 0 Å². The Morgan fingerprint density at radius 3 is 0.775 bits per heavy atom. The molecule has 0 heterocycles. The summed E-state index contributed by atoms with van der Waals surface area (Å²) in [5.41, 5.74) is 0. The second kappa shape index (κ2) is 66.5. The molecule has 1 atom stereocenters. The second-order valence-electron chi connectivity index (χ2n) is 20.9. The number of hydrogen-bond donors (Lipinski definition) is 0. The number of carbonyl (C=O) groups is 3. The lowest BCUT2D eigenvalue weighted by Gasteiger charge is -2.18. The highest BCUT2D eigenvalue weighted by Gasteiger charge is 2.19. The van der Waals surface area contributed by atoms with Crippen LogP contribution in [0.3, 0.4) is 0 Å². The molecule has 0 spiro atoms. The number of carbonyl (C=O) groups excluding carboxylic acids is 3. The molecule has 0 aliphatic heterocycles. The van der Waals surface area contributed by atoms with E-state index in [1.54, 1.807) is 0 Å². The Bertz CT molecular complexity index is 1790. The predicted octanol–water partition coefficient (Wildman–Crippen LogP) is 22.5. The molecule has 0 rings (SSSR count). The minimum atomic E-state index is -0.802. The van der Waals surface area contributed by atoms with Crippen LogP contribution in [0.1, 0.15) is 271 Å². The van der Waals surface area contributed by atoms with Crippen molar-refractivity contribution in [3.8, 4) is 0 Å². The van der Waals surface area contributed by atoms with Crippen LogP contribution in [-0.4, -0.2) is 37.2 Å². The van der Waals surface area contributed by atoms with E-state index in [9.17, 15) is 14.4 Å². The molecule has 0 saturated heterocycles. The van der Waals surface area contributed by atoms with Crippen molar-refractivity contribution in [2.75, 3.05) is 13.2 Å². The van der Waals surface area contributed by atoms with Gasteiger partial charge in [0.15, 0.2) is 6.10 Å². The highest BCUT2D eigenvalue weighted by atomic mass is 16.6. The molecule has 6 heteroatoms. The van der Waals surface area contributed by atoms with Gasteiger partial charge in [-0.05, 0) is 128 Å². The maximum Gasteiger partial charge on any atom is 0.306 e. The summed E-state index contributed by atoms with van der Waals surface area (Å²) >= 11 is 0. The first-order chi connectivity index (χ1) is 39.5. The average Bonchev–Trinajstić information content (AvgIpc) is 3.46. The zero-order valence-corrected chi connectivity index (χ0v) is 51.5. The normalized spacial score (nSPS) is 13.2. The fourth-order valence-electron chi connectivity index (χ4n) is 8.48. The van der Waals surface area contributed by atoms with E-state index in [0.29, 0.717) is 19.3 Å². The maximum atomic E-state index is 12.9. The molecule has 80 heavy (non-hydrogen) atoms. The Hall–Kier alpha value is -4.97. The van der Waals surface area contributed by atoms with Gasteiger partial charge in [-0.1, -0.05) is 281 Å². The van der Waals surface area contributed by atoms with Crippen molar-refractivity contribution in [2.24, 2.45) is 0 Å². The van der Waals surface area contributed by atoms with Gasteiger partial charge in [0, 0.05) is 19.3 Å². The summed E-state index contributed by atoms with van der Waals surface area (Å²) in [7, 11) is 0. The summed E-state index contributed by atoms with van der Waals surface area (Å²) in [4.78, 5) is 38.2. The van der Waals surface area contributed by atoms with Gasteiger partial charge in [-0.3, -0.25) is 14.4 Å². The topological polar surface area (TPSA) is 78.9 Å². The van der Waals surface area contributed by atoms with Crippen LogP contribution in [0.5, 0.6) is 0 Å². The van der Waals surface area contributed by atoms with E-state index in [2.05, 4.69) is 179 Å². The quantitative estimate of drug-likeness (QED) is 0.0261. The Kier molecular flexibility index (Phi) is 62.4. The highest BCUT2D eigenvalue weighted by molar-refractivity contribution is 5.71. The smallest absolute Gasteiger partial charge is 0.306 e. The monoisotopic (exact) mass is 1100 g/mol. The van der Waals surface area contributed by atoms with Crippen molar-refractivity contribution in [3.63, 3.8) is 0 Å². The fraction of sp³-hybridized carbons (Fsp3) is 0.608. The van der Waals surface area contributed by atoms with E-state index >= 15 is 0 Å². The molecule has 6 nitrogen and oxygen atoms in total. The van der Waals surface area contributed by atoms with Crippen LogP contribution in [-0.2, 0) is 28.6 Å². The Morgan fingerprint density at radius 1 is 0.263 bits per heavy atom. The molecular formula is C74H118O6. The van der Waals surface area contributed by atoms with Gasteiger partial charge in [0.2, 0.25) is 0 Å². The minimum absolute atomic E-state index is 0.0960. The van der Waals surface area contributed by atoms with Crippen molar-refractivity contribution in [1.29, 1.82) is 0 Å². The molecule has 0 saturated carbocycles. The minimum Gasteiger partial charge on any atom is -0.462 e. The van der Waals surface area contributed by atoms with Crippen LogP contribution in [0.15, 0.2) is 158 Å². The summed E-state index contributed by atoms with van der Waals surface area (Å²) < 4.78 is 16.9.